The Morgan fingerprint density at radius 2 is 2.36 bits per heavy atom. The van der Waals surface area contributed by atoms with Gasteiger partial charge in [-0.05, 0) is 24.1 Å². The van der Waals surface area contributed by atoms with E-state index >= 15 is 0 Å². The number of hydrogen-bond donors (Lipinski definition) is 2. The molecule has 0 radical (unpaired) electrons. The van der Waals surface area contributed by atoms with Crippen LogP contribution in [0.3, 0.4) is 0 Å². The molecule has 1 aromatic heterocycles. The van der Waals surface area contributed by atoms with Crippen molar-refractivity contribution in [1.82, 2.24) is 15.1 Å². The van der Waals surface area contributed by atoms with Crippen LogP contribution in [0.5, 0.6) is 5.75 Å². The molecule has 0 fully saturated rings. The molecule has 0 unspecified atom stereocenters. The van der Waals surface area contributed by atoms with Gasteiger partial charge in [-0.2, -0.15) is 5.10 Å². The Morgan fingerprint density at radius 1 is 1.55 bits per heavy atom. The summed E-state index contributed by atoms with van der Waals surface area (Å²) in [6.07, 6.45) is 4.50. The van der Waals surface area contributed by atoms with Crippen molar-refractivity contribution in [2.75, 3.05) is 13.6 Å². The zero-order chi connectivity index (χ0) is 15.7. The maximum Gasteiger partial charge on any atom is 0.241 e. The topological polar surface area (TPSA) is 82.2 Å². The van der Waals surface area contributed by atoms with Gasteiger partial charge in [-0.3, -0.25) is 9.48 Å². The average Bonchev–Trinajstić information content (AvgIpc) is 3.12. The third kappa shape index (κ3) is 2.69. The number of rotatable bonds is 4. The molecule has 2 aromatic rings. The molecule has 116 valence electrons. The molecule has 0 saturated carbocycles. The highest BCUT2D eigenvalue weighted by molar-refractivity contribution is 5.76. The SMILES string of the molecule is CNC(=O)Cn1cc(-c2cc(C)cc3c2O[C@H](CN)C3)cn1. The Balaban J connectivity index is 1.94. The number of amides is 1. The molecule has 3 rings (SSSR count). The van der Waals surface area contributed by atoms with Crippen molar-refractivity contribution in [3.05, 3.63) is 35.7 Å². The van der Waals surface area contributed by atoms with Gasteiger partial charge in [-0.1, -0.05) is 6.07 Å². The summed E-state index contributed by atoms with van der Waals surface area (Å²) in [5, 5.41) is 6.84. The fourth-order valence-electron chi connectivity index (χ4n) is 2.75. The highest BCUT2D eigenvalue weighted by Crippen LogP contribution is 2.39. The summed E-state index contributed by atoms with van der Waals surface area (Å²) in [5.41, 5.74) is 10.0. The molecule has 1 aromatic carbocycles. The third-order valence-electron chi connectivity index (χ3n) is 3.83. The first kappa shape index (κ1) is 14.6. The number of hydrogen-bond acceptors (Lipinski definition) is 4. The van der Waals surface area contributed by atoms with Crippen LogP contribution in [0.2, 0.25) is 0 Å². The molecule has 6 nitrogen and oxygen atoms in total. The average molecular weight is 300 g/mol. The molecule has 1 aliphatic heterocycles. The standard InChI is InChI=1S/C16H20N4O2/c1-10-3-11-5-13(6-17)22-16(11)14(4-10)12-7-19-20(8-12)9-15(21)18-2/h3-4,7-8,13H,5-6,9,17H2,1-2H3,(H,18,21)/t13-/m0/s1. The van der Waals surface area contributed by atoms with Crippen LogP contribution in [-0.2, 0) is 17.8 Å². The molecule has 6 heteroatoms. The molecule has 3 N–H and O–H groups in total. The highest BCUT2D eigenvalue weighted by Gasteiger charge is 2.25. The van der Waals surface area contributed by atoms with Crippen LogP contribution in [0.25, 0.3) is 11.1 Å². The van der Waals surface area contributed by atoms with E-state index in [1.54, 1.807) is 17.9 Å². The largest absolute Gasteiger partial charge is 0.488 e. The Hall–Kier alpha value is -2.34. The number of benzene rings is 1. The lowest BCUT2D eigenvalue weighted by Gasteiger charge is -2.10. The third-order valence-corrected chi connectivity index (χ3v) is 3.83. The van der Waals surface area contributed by atoms with E-state index in [1.165, 1.54) is 11.1 Å². The lowest BCUT2D eigenvalue weighted by molar-refractivity contribution is -0.121. The quantitative estimate of drug-likeness (QED) is 0.877. The van der Waals surface area contributed by atoms with E-state index in [2.05, 4.69) is 29.5 Å². The van der Waals surface area contributed by atoms with Crippen molar-refractivity contribution in [1.29, 1.82) is 0 Å². The summed E-state index contributed by atoms with van der Waals surface area (Å²) in [7, 11) is 1.61. The second-order valence-corrected chi connectivity index (χ2v) is 5.58. The fraction of sp³-hybridized carbons (Fsp3) is 0.375. The lowest BCUT2D eigenvalue weighted by Crippen LogP contribution is -2.24. The minimum Gasteiger partial charge on any atom is -0.488 e. The molecule has 2 heterocycles. The molecular formula is C16H20N4O2. The molecule has 22 heavy (non-hydrogen) atoms. The van der Waals surface area contributed by atoms with Crippen molar-refractivity contribution >= 4 is 5.91 Å². The number of nitrogens with one attached hydrogen (secondary N) is 1. The van der Waals surface area contributed by atoms with Crippen molar-refractivity contribution in [3.63, 3.8) is 0 Å². The predicted octanol–water partition coefficient (Wildman–Crippen LogP) is 0.867. The van der Waals surface area contributed by atoms with E-state index in [9.17, 15) is 4.79 Å². The smallest absolute Gasteiger partial charge is 0.241 e. The molecule has 1 aliphatic rings. The van der Waals surface area contributed by atoms with E-state index in [0.29, 0.717) is 6.54 Å². The summed E-state index contributed by atoms with van der Waals surface area (Å²) in [6, 6.07) is 4.22. The van der Waals surface area contributed by atoms with Crippen LogP contribution < -0.4 is 15.8 Å². The van der Waals surface area contributed by atoms with Crippen LogP contribution >= 0.6 is 0 Å². The lowest BCUT2D eigenvalue weighted by atomic mass is 10.00. The van der Waals surface area contributed by atoms with E-state index < -0.39 is 0 Å². The zero-order valence-corrected chi connectivity index (χ0v) is 12.8. The van der Waals surface area contributed by atoms with Gasteiger partial charge in [0.15, 0.2) is 0 Å². The van der Waals surface area contributed by atoms with E-state index in [1.807, 2.05) is 6.20 Å². The first-order valence-corrected chi connectivity index (χ1v) is 7.34. The second-order valence-electron chi connectivity index (χ2n) is 5.58. The second kappa shape index (κ2) is 5.81. The first-order valence-electron chi connectivity index (χ1n) is 7.34. The van der Waals surface area contributed by atoms with Gasteiger partial charge in [0.05, 0.1) is 6.20 Å². The minimum atomic E-state index is -0.0800. The Morgan fingerprint density at radius 3 is 3.09 bits per heavy atom. The van der Waals surface area contributed by atoms with Gasteiger partial charge in [0.2, 0.25) is 5.91 Å². The number of carbonyl (C=O) groups excluding carboxylic acids is 1. The van der Waals surface area contributed by atoms with Gasteiger partial charge in [-0.15, -0.1) is 0 Å². The number of nitrogens with zero attached hydrogens (tertiary/aromatic N) is 2. The van der Waals surface area contributed by atoms with Crippen molar-refractivity contribution < 1.29 is 9.53 Å². The Bertz CT molecular complexity index is 708. The first-order chi connectivity index (χ1) is 10.6. The summed E-state index contributed by atoms with van der Waals surface area (Å²) in [5.74, 6) is 0.809. The predicted molar refractivity (Wildman–Crippen MR) is 83.6 cm³/mol. The Kier molecular flexibility index (Phi) is 3.85. The number of fused-ring (bicyclic) bond motifs is 1. The maximum atomic E-state index is 11.4. The van der Waals surface area contributed by atoms with Crippen LogP contribution in [0.15, 0.2) is 24.5 Å². The van der Waals surface area contributed by atoms with E-state index in [-0.39, 0.29) is 18.6 Å². The van der Waals surface area contributed by atoms with Crippen molar-refractivity contribution in [2.24, 2.45) is 5.73 Å². The molecular weight excluding hydrogens is 280 g/mol. The summed E-state index contributed by atoms with van der Waals surface area (Å²) < 4.78 is 7.59. The van der Waals surface area contributed by atoms with Gasteiger partial charge in [0.1, 0.15) is 18.4 Å². The molecule has 1 atom stereocenters. The number of likely N-dealkylation sites (N-methyl/N-ethyl adjacent to an activating group) is 1. The number of aryl methyl sites for hydroxylation is 1. The van der Waals surface area contributed by atoms with Crippen molar-refractivity contribution in [3.8, 4) is 16.9 Å². The summed E-state index contributed by atoms with van der Waals surface area (Å²) in [4.78, 5) is 11.4. The van der Waals surface area contributed by atoms with E-state index in [4.69, 9.17) is 10.5 Å². The molecule has 1 amide bonds. The van der Waals surface area contributed by atoms with Gasteiger partial charge in [0.25, 0.3) is 0 Å². The van der Waals surface area contributed by atoms with Gasteiger partial charge in [0, 0.05) is 37.3 Å². The highest BCUT2D eigenvalue weighted by atomic mass is 16.5. The zero-order valence-electron chi connectivity index (χ0n) is 12.8. The number of aromatic nitrogens is 2. The monoisotopic (exact) mass is 300 g/mol. The molecule has 0 aliphatic carbocycles. The number of ether oxygens (including phenoxy) is 1. The van der Waals surface area contributed by atoms with Gasteiger partial charge >= 0.3 is 0 Å². The van der Waals surface area contributed by atoms with Crippen molar-refractivity contribution in [2.45, 2.75) is 26.0 Å². The van der Waals surface area contributed by atoms with Gasteiger partial charge in [-0.25, -0.2) is 0 Å². The van der Waals surface area contributed by atoms with Crippen LogP contribution in [-0.4, -0.2) is 35.4 Å². The minimum absolute atomic E-state index is 0.0384. The van der Waals surface area contributed by atoms with Gasteiger partial charge < -0.3 is 15.8 Å². The summed E-state index contributed by atoms with van der Waals surface area (Å²) in [6.45, 7) is 2.77. The maximum absolute atomic E-state index is 11.4. The summed E-state index contributed by atoms with van der Waals surface area (Å²) >= 11 is 0. The molecule has 0 spiro atoms. The van der Waals surface area contributed by atoms with E-state index in [0.717, 1.165) is 23.3 Å². The molecule has 0 saturated heterocycles. The Labute approximate surface area is 129 Å². The number of carbonyl (C=O) groups is 1. The van der Waals surface area contributed by atoms with Crippen LogP contribution in [0, 0.1) is 6.92 Å². The van der Waals surface area contributed by atoms with Crippen LogP contribution in [0.1, 0.15) is 11.1 Å². The number of nitrogens with two attached hydrogens (primary N) is 1. The molecule has 0 bridgehead atoms. The van der Waals surface area contributed by atoms with Crippen LogP contribution in [0.4, 0.5) is 0 Å². The normalized spacial score (nSPS) is 16.2. The fourth-order valence-corrected chi connectivity index (χ4v) is 2.75.